The highest BCUT2D eigenvalue weighted by molar-refractivity contribution is 7.13. The van der Waals surface area contributed by atoms with E-state index in [1.54, 1.807) is 36.4 Å². The summed E-state index contributed by atoms with van der Waals surface area (Å²) in [6, 6.07) is 15.5. The summed E-state index contributed by atoms with van der Waals surface area (Å²) >= 11 is 14.2. The van der Waals surface area contributed by atoms with Crippen molar-refractivity contribution in [1.82, 2.24) is 15.1 Å². The predicted molar refractivity (Wildman–Crippen MR) is 135 cm³/mol. The molecule has 0 radical (unpaired) electrons. The van der Waals surface area contributed by atoms with E-state index in [4.69, 9.17) is 36.6 Å². The first-order chi connectivity index (χ1) is 17.5. The average Bonchev–Trinajstić information content (AvgIpc) is 3.68. The molecule has 36 heavy (non-hydrogen) atoms. The van der Waals surface area contributed by atoms with E-state index in [9.17, 15) is 4.39 Å². The maximum absolute atomic E-state index is 14.9. The fraction of sp³-hybridized carbons (Fsp3) is 0.0385. The third-order valence-corrected chi connectivity index (χ3v) is 6.93. The second kappa shape index (κ2) is 9.39. The summed E-state index contributed by atoms with van der Waals surface area (Å²) in [5.74, 6) is 1.33. The highest BCUT2D eigenvalue weighted by Gasteiger charge is 2.20. The summed E-state index contributed by atoms with van der Waals surface area (Å²) < 4.78 is 31.6. The first kappa shape index (κ1) is 22.7. The molecule has 0 amide bonds. The number of benzene rings is 2. The van der Waals surface area contributed by atoms with Gasteiger partial charge in [0, 0.05) is 15.6 Å². The summed E-state index contributed by atoms with van der Waals surface area (Å²) in [7, 11) is 0. The van der Waals surface area contributed by atoms with E-state index in [1.807, 2.05) is 17.5 Å². The molecule has 0 unspecified atom stereocenters. The summed E-state index contributed by atoms with van der Waals surface area (Å²) in [5, 5.41) is 6.71. The molecular weight excluding hydrogens is 524 g/mol. The molecule has 4 aromatic heterocycles. The number of rotatable bonds is 6. The van der Waals surface area contributed by atoms with Gasteiger partial charge in [-0.3, -0.25) is 0 Å². The van der Waals surface area contributed by atoms with Crippen molar-refractivity contribution in [2.45, 2.75) is 6.42 Å². The van der Waals surface area contributed by atoms with Gasteiger partial charge < -0.3 is 13.4 Å². The van der Waals surface area contributed by atoms with Gasteiger partial charge in [-0.25, -0.2) is 9.37 Å². The number of halogens is 3. The molecule has 178 valence electrons. The van der Waals surface area contributed by atoms with E-state index >= 15 is 0 Å². The van der Waals surface area contributed by atoms with E-state index in [2.05, 4.69) is 15.1 Å². The van der Waals surface area contributed by atoms with Gasteiger partial charge in [0.05, 0.1) is 22.9 Å². The molecule has 6 aromatic rings. The lowest BCUT2D eigenvalue weighted by molar-refractivity contribution is 0.429. The Kier molecular flexibility index (Phi) is 5.92. The third-order valence-electron chi connectivity index (χ3n) is 5.49. The van der Waals surface area contributed by atoms with Crippen LogP contribution in [-0.2, 0) is 6.42 Å². The van der Waals surface area contributed by atoms with Crippen LogP contribution in [0, 0.1) is 5.82 Å². The second-order valence-corrected chi connectivity index (χ2v) is 9.60. The zero-order chi connectivity index (χ0) is 24.6. The van der Waals surface area contributed by atoms with Crippen LogP contribution in [0.1, 0.15) is 11.1 Å². The van der Waals surface area contributed by atoms with Gasteiger partial charge in [0.1, 0.15) is 5.82 Å². The summed E-state index contributed by atoms with van der Waals surface area (Å²) in [4.78, 5) is 9.60. The topological polar surface area (TPSA) is 78.1 Å². The molecule has 0 aliphatic carbocycles. The minimum atomic E-state index is -0.510. The average molecular weight is 538 g/mol. The summed E-state index contributed by atoms with van der Waals surface area (Å²) in [6.07, 6.45) is 3.36. The number of hydrogen-bond acceptors (Lipinski definition) is 7. The van der Waals surface area contributed by atoms with Crippen molar-refractivity contribution in [1.29, 1.82) is 0 Å². The van der Waals surface area contributed by atoms with Crippen molar-refractivity contribution in [3.05, 3.63) is 99.4 Å². The van der Waals surface area contributed by atoms with Crippen molar-refractivity contribution >= 4 is 34.5 Å². The van der Waals surface area contributed by atoms with Crippen LogP contribution in [0.15, 0.2) is 85.8 Å². The van der Waals surface area contributed by atoms with Crippen LogP contribution in [0.3, 0.4) is 0 Å². The Balaban J connectivity index is 1.37. The van der Waals surface area contributed by atoms with E-state index in [1.165, 1.54) is 29.9 Å². The van der Waals surface area contributed by atoms with Crippen molar-refractivity contribution in [2.75, 3.05) is 0 Å². The van der Waals surface area contributed by atoms with E-state index in [-0.39, 0.29) is 10.6 Å². The zero-order valence-electron chi connectivity index (χ0n) is 18.2. The van der Waals surface area contributed by atoms with Crippen molar-refractivity contribution < 1.29 is 17.7 Å². The predicted octanol–water partition coefficient (Wildman–Crippen LogP) is 8.42. The number of nitrogens with zero attached hydrogens (tertiary/aromatic N) is 3. The molecule has 6 nitrogen and oxygen atoms in total. The van der Waals surface area contributed by atoms with Gasteiger partial charge in [-0.2, -0.15) is 4.98 Å². The van der Waals surface area contributed by atoms with Crippen LogP contribution in [0.2, 0.25) is 10.0 Å². The molecule has 2 aromatic carbocycles. The Bertz CT molecular complexity index is 1660. The standard InChI is InChI=1S/C26H14Cl2FN3O3S/c27-16-5-6-17(25-31-24(32-35-25)21-3-1-7-33-21)14(10-16)9-15-11-18(20(29)12-19(15)28)22-13-30-26(34-22)23-4-2-8-36-23/h1-8,10-13H,9H2. The molecule has 0 fully saturated rings. The molecule has 0 atom stereocenters. The van der Waals surface area contributed by atoms with Crippen molar-refractivity contribution in [3.63, 3.8) is 0 Å². The van der Waals surface area contributed by atoms with E-state index in [0.717, 1.165) is 10.4 Å². The van der Waals surface area contributed by atoms with Gasteiger partial charge in [0.15, 0.2) is 11.5 Å². The van der Waals surface area contributed by atoms with Gasteiger partial charge in [-0.1, -0.05) is 34.4 Å². The Hall–Kier alpha value is -3.72. The van der Waals surface area contributed by atoms with Gasteiger partial charge in [-0.05, 0) is 71.5 Å². The Morgan fingerprint density at radius 3 is 2.64 bits per heavy atom. The highest BCUT2D eigenvalue weighted by atomic mass is 35.5. The number of furan rings is 1. The normalized spacial score (nSPS) is 11.3. The molecule has 10 heteroatoms. The molecule has 0 bridgehead atoms. The fourth-order valence-electron chi connectivity index (χ4n) is 3.79. The minimum absolute atomic E-state index is 0.256. The number of aromatic nitrogens is 3. The molecule has 0 aliphatic heterocycles. The SMILES string of the molecule is Fc1cc(Cl)c(Cc2cc(Cl)ccc2-c2nc(-c3ccco3)no2)cc1-c1cnc(-c2cccs2)o1. The molecule has 0 spiro atoms. The minimum Gasteiger partial charge on any atom is -0.461 e. The van der Waals surface area contributed by atoms with Gasteiger partial charge >= 0.3 is 0 Å². The smallest absolute Gasteiger partial charge is 0.258 e. The van der Waals surface area contributed by atoms with Crippen LogP contribution in [0.25, 0.3) is 45.1 Å². The summed E-state index contributed by atoms with van der Waals surface area (Å²) in [5.41, 5.74) is 2.36. The molecule has 6 rings (SSSR count). The van der Waals surface area contributed by atoms with Gasteiger partial charge in [-0.15, -0.1) is 11.3 Å². The molecule has 4 heterocycles. The lowest BCUT2D eigenvalue weighted by atomic mass is 9.97. The van der Waals surface area contributed by atoms with Crippen LogP contribution in [0.5, 0.6) is 0 Å². The lowest BCUT2D eigenvalue weighted by Crippen LogP contribution is -1.96. The van der Waals surface area contributed by atoms with Crippen LogP contribution in [0.4, 0.5) is 4.39 Å². The first-order valence-corrected chi connectivity index (χ1v) is 12.3. The van der Waals surface area contributed by atoms with Crippen LogP contribution < -0.4 is 0 Å². The van der Waals surface area contributed by atoms with E-state index < -0.39 is 5.82 Å². The maximum atomic E-state index is 14.9. The Morgan fingerprint density at radius 1 is 0.917 bits per heavy atom. The second-order valence-electron chi connectivity index (χ2n) is 7.81. The lowest BCUT2D eigenvalue weighted by Gasteiger charge is -2.11. The van der Waals surface area contributed by atoms with Crippen LogP contribution >= 0.6 is 34.5 Å². The van der Waals surface area contributed by atoms with Gasteiger partial charge in [0.25, 0.3) is 5.89 Å². The molecule has 0 saturated heterocycles. The Morgan fingerprint density at radius 2 is 1.83 bits per heavy atom. The summed E-state index contributed by atoms with van der Waals surface area (Å²) in [6.45, 7) is 0. The molecule has 0 saturated carbocycles. The Labute approximate surface area is 217 Å². The quantitative estimate of drug-likeness (QED) is 0.212. The van der Waals surface area contributed by atoms with Gasteiger partial charge in [0.2, 0.25) is 11.7 Å². The first-order valence-electron chi connectivity index (χ1n) is 10.7. The third kappa shape index (κ3) is 4.35. The van der Waals surface area contributed by atoms with Crippen molar-refractivity contribution in [3.8, 4) is 45.1 Å². The van der Waals surface area contributed by atoms with Crippen LogP contribution in [-0.4, -0.2) is 15.1 Å². The van der Waals surface area contributed by atoms with E-state index in [0.29, 0.717) is 51.7 Å². The van der Waals surface area contributed by atoms with Crippen molar-refractivity contribution in [2.24, 2.45) is 0 Å². The monoisotopic (exact) mass is 537 g/mol. The maximum Gasteiger partial charge on any atom is 0.258 e. The number of thiophene rings is 1. The zero-order valence-corrected chi connectivity index (χ0v) is 20.6. The number of oxazole rings is 1. The highest BCUT2D eigenvalue weighted by Crippen LogP contribution is 2.35. The number of hydrogen-bond donors (Lipinski definition) is 0. The molecule has 0 N–H and O–H groups in total. The molecule has 0 aliphatic rings. The molecular formula is C26H14Cl2FN3O3S. The fourth-order valence-corrected chi connectivity index (χ4v) is 4.86. The largest absolute Gasteiger partial charge is 0.461 e.